The van der Waals surface area contributed by atoms with Crippen LogP contribution in [0.2, 0.25) is 30.7 Å². The molecule has 2 aromatic heterocycles. The van der Waals surface area contributed by atoms with Crippen molar-refractivity contribution in [2.24, 2.45) is 0 Å². The number of halogens is 3. The Bertz CT molecular complexity index is 1760. The SMILES string of the molecule is CC(C)(C)OC(=O)N(c1cscn1)S(=O)(=O)c1cc(Cl)c(NCc2c(F)ccc3cnn(COCC[Si](C)(C)C)c23)cc1F. The summed E-state index contributed by atoms with van der Waals surface area (Å²) in [7, 11) is -6.15. The Balaban J connectivity index is 1.61. The lowest BCUT2D eigenvalue weighted by atomic mass is 10.1. The molecule has 0 saturated heterocycles. The molecule has 4 rings (SSSR count). The van der Waals surface area contributed by atoms with Crippen LogP contribution in [0.15, 0.2) is 46.2 Å². The predicted molar refractivity (Wildman–Crippen MR) is 171 cm³/mol. The Labute approximate surface area is 265 Å². The minimum atomic E-state index is -4.85. The minimum Gasteiger partial charge on any atom is -0.443 e. The van der Waals surface area contributed by atoms with Crippen LogP contribution in [0.25, 0.3) is 10.9 Å². The van der Waals surface area contributed by atoms with E-state index in [9.17, 15) is 13.2 Å². The maximum atomic E-state index is 15.5. The van der Waals surface area contributed by atoms with E-state index in [2.05, 4.69) is 35.0 Å². The summed E-state index contributed by atoms with van der Waals surface area (Å²) in [6, 6.07) is 5.62. The Morgan fingerprint density at radius 3 is 2.55 bits per heavy atom. The van der Waals surface area contributed by atoms with E-state index >= 15 is 8.78 Å². The molecule has 10 nitrogen and oxygen atoms in total. The van der Waals surface area contributed by atoms with Gasteiger partial charge in [0.25, 0.3) is 10.0 Å². The highest BCUT2D eigenvalue weighted by atomic mass is 35.5. The van der Waals surface area contributed by atoms with Crippen molar-refractivity contribution < 1.29 is 31.5 Å². The number of amides is 1. The average Bonchev–Trinajstić information content (AvgIpc) is 3.56. The van der Waals surface area contributed by atoms with Gasteiger partial charge in [0, 0.05) is 37.6 Å². The molecule has 2 aromatic carbocycles. The number of sulfonamides is 1. The summed E-state index contributed by atoms with van der Waals surface area (Å²) in [6.45, 7) is 12.0. The monoisotopic (exact) mass is 685 g/mol. The maximum Gasteiger partial charge on any atom is 0.430 e. The number of fused-ring (bicyclic) bond motifs is 1. The van der Waals surface area contributed by atoms with Gasteiger partial charge in [0.05, 0.1) is 27.9 Å². The first-order valence-electron chi connectivity index (χ1n) is 13.6. The molecule has 0 aliphatic rings. The van der Waals surface area contributed by atoms with Gasteiger partial charge < -0.3 is 14.8 Å². The van der Waals surface area contributed by atoms with E-state index < -0.39 is 46.3 Å². The lowest BCUT2D eigenvalue weighted by molar-refractivity contribution is 0.0608. The zero-order valence-electron chi connectivity index (χ0n) is 25.2. The lowest BCUT2D eigenvalue weighted by Crippen LogP contribution is -2.41. The van der Waals surface area contributed by atoms with Crippen molar-refractivity contribution in [2.45, 2.75) is 70.2 Å². The van der Waals surface area contributed by atoms with Crippen LogP contribution >= 0.6 is 22.9 Å². The van der Waals surface area contributed by atoms with Gasteiger partial charge in [0.15, 0.2) is 5.82 Å². The Morgan fingerprint density at radius 1 is 1.18 bits per heavy atom. The summed E-state index contributed by atoms with van der Waals surface area (Å²) in [4.78, 5) is 16.0. The maximum absolute atomic E-state index is 15.5. The molecule has 1 amide bonds. The molecule has 4 aromatic rings. The number of ether oxygens (including phenoxy) is 2. The zero-order chi connectivity index (χ0) is 32.4. The summed E-state index contributed by atoms with van der Waals surface area (Å²) in [5.41, 5.74) is 1.02. The summed E-state index contributed by atoms with van der Waals surface area (Å²) in [5, 5.41) is 9.05. The van der Waals surface area contributed by atoms with Gasteiger partial charge in [-0.05, 0) is 51.1 Å². The number of thiazole rings is 1. The summed E-state index contributed by atoms with van der Waals surface area (Å²) >= 11 is 7.45. The summed E-state index contributed by atoms with van der Waals surface area (Å²) < 4.78 is 70.7. The average molecular weight is 686 g/mol. The van der Waals surface area contributed by atoms with Crippen LogP contribution in [0.4, 0.5) is 25.1 Å². The van der Waals surface area contributed by atoms with Gasteiger partial charge in [-0.15, -0.1) is 15.6 Å². The molecule has 238 valence electrons. The molecule has 16 heteroatoms. The van der Waals surface area contributed by atoms with Gasteiger partial charge in [0.1, 0.15) is 28.9 Å². The van der Waals surface area contributed by atoms with E-state index in [1.807, 2.05) is 0 Å². The van der Waals surface area contributed by atoms with Crippen LogP contribution in [0.5, 0.6) is 0 Å². The van der Waals surface area contributed by atoms with Gasteiger partial charge in [-0.2, -0.15) is 5.10 Å². The van der Waals surface area contributed by atoms with Gasteiger partial charge in [-0.3, -0.25) is 0 Å². The van der Waals surface area contributed by atoms with Gasteiger partial charge >= 0.3 is 6.09 Å². The molecule has 44 heavy (non-hydrogen) atoms. The summed E-state index contributed by atoms with van der Waals surface area (Å²) in [6.07, 6.45) is 0.344. The predicted octanol–water partition coefficient (Wildman–Crippen LogP) is 7.48. The van der Waals surface area contributed by atoms with Gasteiger partial charge in [-0.25, -0.2) is 31.7 Å². The fourth-order valence-corrected chi connectivity index (χ4v) is 7.08. The molecule has 0 unspecified atom stereocenters. The first kappa shape index (κ1) is 33.8. The first-order valence-corrected chi connectivity index (χ1v) is 20.0. The number of nitrogens with zero attached hydrogens (tertiary/aromatic N) is 4. The number of benzene rings is 2. The number of rotatable bonds is 11. The number of carbonyl (C=O) groups is 1. The third kappa shape index (κ3) is 7.93. The van der Waals surface area contributed by atoms with E-state index in [1.54, 1.807) is 37.7 Å². The van der Waals surface area contributed by atoms with E-state index in [0.29, 0.717) is 21.8 Å². The third-order valence-electron chi connectivity index (χ3n) is 6.24. The van der Waals surface area contributed by atoms with Gasteiger partial charge in [-0.1, -0.05) is 31.2 Å². The van der Waals surface area contributed by atoms with Gasteiger partial charge in [0.2, 0.25) is 0 Å². The second-order valence-electron chi connectivity index (χ2n) is 12.2. The normalized spacial score (nSPS) is 12.5. The van der Waals surface area contributed by atoms with Crippen molar-refractivity contribution in [2.75, 3.05) is 16.2 Å². The number of anilines is 2. The Kier molecular flexibility index (Phi) is 10.0. The lowest BCUT2D eigenvalue weighted by Gasteiger charge is -2.26. The largest absolute Gasteiger partial charge is 0.443 e. The molecule has 2 heterocycles. The van der Waals surface area contributed by atoms with Crippen LogP contribution in [0.3, 0.4) is 0 Å². The fourth-order valence-electron chi connectivity index (χ4n) is 4.09. The number of nitrogens with one attached hydrogen (secondary N) is 1. The van der Waals surface area contributed by atoms with Crippen LogP contribution in [-0.2, 0) is 32.8 Å². The standard InChI is InChI=1S/C28H34ClF2N5O5S2Si/c1-28(2,3)41-27(37)36(25-15-42-16-33-25)43(38,39)24-11-20(29)23(12-22(24)31)32-14-19-21(30)8-7-18-13-34-35(26(18)19)17-40-9-10-44(4,5)6/h7-8,11-13,15-16,32H,9-10,14,17H2,1-6H3. The van der Waals surface area contributed by atoms with Crippen molar-refractivity contribution in [3.8, 4) is 0 Å². The minimum absolute atomic E-state index is 0.00875. The number of hydrogen-bond donors (Lipinski definition) is 1. The Hall–Kier alpha value is -3.11. The first-order chi connectivity index (χ1) is 20.5. The second-order valence-corrected chi connectivity index (χ2v) is 20.7. The highest BCUT2D eigenvalue weighted by Gasteiger charge is 2.38. The van der Waals surface area contributed by atoms with E-state index in [1.165, 1.54) is 17.0 Å². The van der Waals surface area contributed by atoms with Crippen molar-refractivity contribution >= 4 is 69.5 Å². The molecule has 0 aliphatic carbocycles. The van der Waals surface area contributed by atoms with Crippen molar-refractivity contribution in [3.63, 3.8) is 0 Å². The molecule has 0 fully saturated rings. The molecule has 1 N–H and O–H groups in total. The van der Waals surface area contributed by atoms with E-state index in [4.69, 9.17) is 21.1 Å². The van der Waals surface area contributed by atoms with Crippen molar-refractivity contribution in [1.29, 1.82) is 0 Å². The van der Waals surface area contributed by atoms with Crippen LogP contribution in [0, 0.1) is 11.6 Å². The Morgan fingerprint density at radius 2 is 1.91 bits per heavy atom. The number of carbonyl (C=O) groups excluding carboxylic acids is 1. The molecular formula is C28H34ClF2N5O5S2Si. The quantitative estimate of drug-likeness (QED) is 0.128. The van der Waals surface area contributed by atoms with Crippen LogP contribution < -0.4 is 9.62 Å². The van der Waals surface area contributed by atoms with Crippen LogP contribution in [-0.4, -0.2) is 49.6 Å². The third-order valence-corrected chi connectivity index (χ3v) is 10.5. The smallest absolute Gasteiger partial charge is 0.430 e. The number of aromatic nitrogens is 3. The van der Waals surface area contributed by atoms with E-state index in [-0.39, 0.29) is 35.4 Å². The molecule has 0 aliphatic heterocycles. The molecule has 0 bridgehead atoms. The highest BCUT2D eigenvalue weighted by Crippen LogP contribution is 2.33. The molecule has 0 atom stereocenters. The zero-order valence-corrected chi connectivity index (χ0v) is 28.5. The molecule has 0 spiro atoms. The second kappa shape index (κ2) is 13.1. The molecule has 0 radical (unpaired) electrons. The topological polar surface area (TPSA) is 116 Å². The highest BCUT2D eigenvalue weighted by molar-refractivity contribution is 7.93. The van der Waals surface area contributed by atoms with E-state index in [0.717, 1.165) is 29.5 Å². The van der Waals surface area contributed by atoms with Crippen LogP contribution in [0.1, 0.15) is 26.3 Å². The van der Waals surface area contributed by atoms with Crippen molar-refractivity contribution in [1.82, 2.24) is 14.8 Å². The molecular weight excluding hydrogens is 652 g/mol. The van der Waals surface area contributed by atoms with Crippen molar-refractivity contribution in [3.05, 3.63) is 63.6 Å². The number of hydrogen-bond acceptors (Lipinski definition) is 9. The summed E-state index contributed by atoms with van der Waals surface area (Å²) in [5.74, 6) is -1.98. The molecule has 0 saturated carbocycles. The fraction of sp³-hybridized carbons (Fsp3) is 0.393.